The van der Waals surface area contributed by atoms with Crippen LogP contribution in [-0.2, 0) is 14.8 Å². The number of likely N-dealkylation sites (N-methyl/N-ethyl adjacent to an activating group) is 1. The molecule has 0 aromatic heterocycles. The van der Waals surface area contributed by atoms with Crippen molar-refractivity contribution in [3.63, 3.8) is 0 Å². The Labute approximate surface area is 427 Å². The van der Waals surface area contributed by atoms with Crippen LogP contribution in [0.3, 0.4) is 0 Å². The van der Waals surface area contributed by atoms with E-state index in [1.165, 1.54) is 12.1 Å². The van der Waals surface area contributed by atoms with E-state index in [1.807, 2.05) is 117 Å². The molecule has 1 amide bonds. The third kappa shape index (κ3) is 13.0. The number of rotatable bonds is 22. The van der Waals surface area contributed by atoms with E-state index in [0.717, 1.165) is 71.5 Å². The van der Waals surface area contributed by atoms with Crippen LogP contribution in [0.15, 0.2) is 155 Å². The van der Waals surface area contributed by atoms with Crippen LogP contribution in [0, 0.1) is 24.0 Å². The lowest BCUT2D eigenvalue weighted by molar-refractivity contribution is -0.384. The maximum Gasteiger partial charge on any atom is 0.335 e. The molecule has 0 unspecified atom stereocenters. The number of amides is 1. The number of anilines is 1. The SMILES string of the molecule is C=C(C(=O)O)/C(CCCOc1cccc2ccccc12)=C1/C=CC=C(c2c(C)cc(C(=O)NS(=O)(=O)c3ccc(N[C@H](CCN4CCN(C(C)C)CC4)CSc4ccccc4)c([N+](=O)[O-])c3)cc2C)N1CC. The zero-order valence-electron chi connectivity index (χ0n) is 41.6. The van der Waals surface area contributed by atoms with Crippen molar-refractivity contribution in [2.24, 2.45) is 0 Å². The van der Waals surface area contributed by atoms with E-state index in [-0.39, 0.29) is 22.9 Å². The number of nitro groups is 1. The number of thioether (sulfide) groups is 1. The van der Waals surface area contributed by atoms with Gasteiger partial charge < -0.3 is 25.0 Å². The zero-order chi connectivity index (χ0) is 51.5. The van der Waals surface area contributed by atoms with Gasteiger partial charge in [-0.3, -0.25) is 19.8 Å². The van der Waals surface area contributed by atoms with Gasteiger partial charge in [0.25, 0.3) is 21.6 Å². The molecule has 0 bridgehead atoms. The number of nitro benzene ring substituents is 1. The van der Waals surface area contributed by atoms with Crippen LogP contribution >= 0.6 is 11.8 Å². The molecule has 14 nitrogen and oxygen atoms in total. The molecular weight excluding hydrogens is 949 g/mol. The zero-order valence-corrected chi connectivity index (χ0v) is 43.2. The van der Waals surface area contributed by atoms with Gasteiger partial charge in [-0.05, 0) is 131 Å². The summed E-state index contributed by atoms with van der Waals surface area (Å²) in [5, 5.41) is 28.2. The Morgan fingerprint density at radius 1 is 0.931 bits per heavy atom. The molecule has 1 fully saturated rings. The van der Waals surface area contributed by atoms with E-state index in [0.29, 0.717) is 66.6 Å². The van der Waals surface area contributed by atoms with Crippen molar-refractivity contribution in [2.45, 2.75) is 75.8 Å². The van der Waals surface area contributed by atoms with Gasteiger partial charge in [0.15, 0.2) is 0 Å². The molecule has 5 aromatic rings. The van der Waals surface area contributed by atoms with E-state index in [9.17, 15) is 33.2 Å². The van der Waals surface area contributed by atoms with Gasteiger partial charge in [0.2, 0.25) is 0 Å². The second kappa shape index (κ2) is 24.1. The lowest BCUT2D eigenvalue weighted by atomic mass is 9.92. The summed E-state index contributed by atoms with van der Waals surface area (Å²) in [6.45, 7) is 19.4. The number of carbonyl (C=O) groups is 2. The standard InChI is InChI=1S/C56H64N6O8S2/c1-7-61-50(47(41(6)56(64)65)21-15-33-70-53-24-13-17-42-16-11-12-20-48(42)53)22-14-23-51(61)54-39(4)34-43(35-40(54)5)55(63)58-72(68,69)46-25-26-49(52(36-46)62(66)67)57-44(37-71-45-18-9-8-10-19-45)27-28-59-29-31-60(32-30-59)38(2)3/h8-14,16-20,22-26,34-36,38,44,57H,6-7,15,21,27-33,37H2,1-5H3,(H,58,63)(H,64,65)/b50-47-/t44-/m1/s1. The molecule has 378 valence electrons. The molecule has 1 saturated heterocycles. The number of sulfonamides is 1. The first-order valence-corrected chi connectivity index (χ1v) is 26.8. The average Bonchev–Trinajstić information content (AvgIpc) is 3.37. The predicted molar refractivity (Wildman–Crippen MR) is 288 cm³/mol. The van der Waals surface area contributed by atoms with Gasteiger partial charge in [-0.2, -0.15) is 0 Å². The summed E-state index contributed by atoms with van der Waals surface area (Å²) in [4.78, 5) is 45.7. The minimum atomic E-state index is -4.57. The Morgan fingerprint density at radius 3 is 2.31 bits per heavy atom. The van der Waals surface area contributed by atoms with Crippen molar-refractivity contribution in [3.8, 4) is 5.75 Å². The van der Waals surface area contributed by atoms with Gasteiger partial charge in [0.05, 0.1) is 22.0 Å². The average molecular weight is 1010 g/mol. The number of nitrogens with zero attached hydrogens (tertiary/aromatic N) is 4. The monoisotopic (exact) mass is 1010 g/mol. The van der Waals surface area contributed by atoms with Crippen LogP contribution in [0.4, 0.5) is 11.4 Å². The normalized spacial score (nSPS) is 15.5. The number of nitrogens with one attached hydrogen (secondary N) is 2. The second-order valence-corrected chi connectivity index (χ2v) is 21.1. The Kier molecular flexibility index (Phi) is 17.8. The van der Waals surface area contributed by atoms with Gasteiger partial charge in [0.1, 0.15) is 11.4 Å². The minimum absolute atomic E-state index is 0.0265. The first-order chi connectivity index (χ1) is 34.5. The van der Waals surface area contributed by atoms with Crippen molar-refractivity contribution < 1.29 is 32.8 Å². The van der Waals surface area contributed by atoms with E-state index in [4.69, 9.17) is 4.74 Å². The fourth-order valence-electron chi connectivity index (χ4n) is 9.34. The fourth-order valence-corrected chi connectivity index (χ4v) is 11.3. The van der Waals surface area contributed by atoms with Gasteiger partial charge in [0, 0.05) is 96.0 Å². The van der Waals surface area contributed by atoms with Crippen LogP contribution < -0.4 is 14.8 Å². The highest BCUT2D eigenvalue weighted by Crippen LogP contribution is 2.37. The number of piperazine rings is 1. The van der Waals surface area contributed by atoms with Crippen LogP contribution in [0.1, 0.15) is 67.1 Å². The van der Waals surface area contributed by atoms with Crippen molar-refractivity contribution >= 4 is 61.5 Å². The second-order valence-electron chi connectivity index (χ2n) is 18.3. The number of allylic oxidation sites excluding steroid dienone is 3. The number of fused-ring (bicyclic) bond motifs is 1. The van der Waals surface area contributed by atoms with Gasteiger partial charge >= 0.3 is 5.97 Å². The molecule has 72 heavy (non-hydrogen) atoms. The van der Waals surface area contributed by atoms with Gasteiger partial charge in [-0.25, -0.2) is 17.9 Å². The van der Waals surface area contributed by atoms with E-state index >= 15 is 0 Å². The summed E-state index contributed by atoms with van der Waals surface area (Å²) in [5.74, 6) is -0.665. The molecule has 16 heteroatoms. The summed E-state index contributed by atoms with van der Waals surface area (Å²) < 4.78 is 36.0. The summed E-state index contributed by atoms with van der Waals surface area (Å²) in [6.07, 6.45) is 7.24. The number of hydrogen-bond donors (Lipinski definition) is 3. The molecule has 0 aliphatic carbocycles. The van der Waals surface area contributed by atoms with Crippen molar-refractivity contribution in [2.75, 3.05) is 56.9 Å². The molecule has 2 aliphatic rings. The molecule has 1 atom stereocenters. The lowest BCUT2D eigenvalue weighted by Gasteiger charge is -2.37. The summed E-state index contributed by atoms with van der Waals surface area (Å²) in [7, 11) is -4.57. The fraction of sp³-hybridized carbons (Fsp3) is 0.321. The maximum absolute atomic E-state index is 13.8. The van der Waals surface area contributed by atoms with Crippen molar-refractivity contribution in [3.05, 3.63) is 177 Å². The van der Waals surface area contributed by atoms with Crippen LogP contribution in [0.25, 0.3) is 16.5 Å². The minimum Gasteiger partial charge on any atom is -0.493 e. The number of aliphatic carboxylic acids is 1. The highest BCUT2D eigenvalue weighted by Gasteiger charge is 2.29. The Morgan fingerprint density at radius 2 is 1.62 bits per heavy atom. The number of carbonyl (C=O) groups excluding carboxylic acids is 1. The largest absolute Gasteiger partial charge is 0.493 e. The number of ether oxygens (including phenoxy) is 1. The van der Waals surface area contributed by atoms with Crippen LogP contribution in [0.2, 0.25) is 0 Å². The van der Waals surface area contributed by atoms with Crippen molar-refractivity contribution in [1.82, 2.24) is 19.4 Å². The maximum atomic E-state index is 13.8. The molecule has 3 N–H and O–H groups in total. The molecule has 0 saturated carbocycles. The number of hydrogen-bond acceptors (Lipinski definition) is 12. The van der Waals surface area contributed by atoms with Crippen LogP contribution in [0.5, 0.6) is 5.75 Å². The molecule has 2 aliphatic heterocycles. The van der Waals surface area contributed by atoms with E-state index in [1.54, 1.807) is 23.9 Å². The van der Waals surface area contributed by atoms with E-state index < -0.39 is 37.4 Å². The molecule has 7 rings (SSSR count). The van der Waals surface area contributed by atoms with Gasteiger partial charge in [-0.15, -0.1) is 11.8 Å². The molecule has 2 heterocycles. The van der Waals surface area contributed by atoms with Crippen molar-refractivity contribution in [1.29, 1.82) is 0 Å². The quantitative estimate of drug-likeness (QED) is 0.0197. The number of benzene rings is 5. The Bertz CT molecular complexity index is 2990. The number of aryl methyl sites for hydroxylation is 2. The summed E-state index contributed by atoms with van der Waals surface area (Å²) in [5.41, 5.74) is 3.93. The molecule has 5 aromatic carbocycles. The lowest BCUT2D eigenvalue weighted by Crippen LogP contribution is -2.49. The summed E-state index contributed by atoms with van der Waals surface area (Å²) >= 11 is 1.64. The third-order valence-electron chi connectivity index (χ3n) is 13.2. The highest BCUT2D eigenvalue weighted by molar-refractivity contribution is 7.99. The summed E-state index contributed by atoms with van der Waals surface area (Å²) in [6, 6.07) is 30.9. The first kappa shape index (κ1) is 53.1. The number of carboxylic acid groups (broad SMARTS) is 1. The van der Waals surface area contributed by atoms with E-state index in [2.05, 4.69) is 40.3 Å². The highest BCUT2D eigenvalue weighted by atomic mass is 32.2. The first-order valence-electron chi connectivity index (χ1n) is 24.3. The smallest absolute Gasteiger partial charge is 0.335 e. The topological polar surface area (TPSA) is 175 Å². The Balaban J connectivity index is 1.06. The van der Waals surface area contributed by atoms with Crippen LogP contribution in [-0.4, -0.2) is 109 Å². The molecule has 0 radical (unpaired) electrons. The number of carboxylic acids is 1. The van der Waals surface area contributed by atoms with Gasteiger partial charge in [-0.1, -0.05) is 67.3 Å². The predicted octanol–water partition coefficient (Wildman–Crippen LogP) is 10.5. The Hall–Kier alpha value is -6.72. The molecule has 0 spiro atoms. The third-order valence-corrected chi connectivity index (χ3v) is 15.7. The molecular formula is C56H64N6O8S2.